The topological polar surface area (TPSA) is 77.0 Å². The highest BCUT2D eigenvalue weighted by molar-refractivity contribution is 7.17. The van der Waals surface area contributed by atoms with Gasteiger partial charge in [0.25, 0.3) is 5.91 Å². The van der Waals surface area contributed by atoms with Gasteiger partial charge in [0.2, 0.25) is 0 Å². The summed E-state index contributed by atoms with van der Waals surface area (Å²) < 4.78 is 5.46. The molecule has 1 aromatic carbocycles. The van der Waals surface area contributed by atoms with Gasteiger partial charge in [0, 0.05) is 17.1 Å². The van der Waals surface area contributed by atoms with Gasteiger partial charge in [0.1, 0.15) is 15.6 Å². The van der Waals surface area contributed by atoms with E-state index in [-0.39, 0.29) is 5.91 Å². The molecule has 3 aromatic heterocycles. The number of ether oxygens (including phenoxy) is 1. The van der Waals surface area contributed by atoms with Crippen LogP contribution in [0.3, 0.4) is 0 Å². The van der Waals surface area contributed by atoms with Gasteiger partial charge in [-0.25, -0.2) is 9.97 Å². The average molecular weight is 423 g/mol. The maximum absolute atomic E-state index is 12.7. The van der Waals surface area contributed by atoms with Crippen molar-refractivity contribution < 1.29 is 9.53 Å². The second-order valence-corrected chi connectivity index (χ2v) is 7.96. The van der Waals surface area contributed by atoms with Crippen LogP contribution in [0.5, 0.6) is 5.75 Å². The minimum atomic E-state index is -0.213. The molecular formula is C21H18N4O2S2. The van der Waals surface area contributed by atoms with E-state index >= 15 is 0 Å². The Balaban J connectivity index is 1.49. The number of carbonyl (C=O) groups excluding carboxylic acids is 1. The van der Waals surface area contributed by atoms with Crippen molar-refractivity contribution in [1.29, 1.82) is 0 Å². The molecule has 0 radical (unpaired) electrons. The number of aryl methyl sites for hydroxylation is 1. The van der Waals surface area contributed by atoms with E-state index in [1.54, 1.807) is 6.20 Å². The van der Waals surface area contributed by atoms with Gasteiger partial charge in [-0.15, -0.1) is 22.7 Å². The third-order valence-electron chi connectivity index (χ3n) is 4.07. The van der Waals surface area contributed by atoms with Crippen molar-refractivity contribution in [2.24, 2.45) is 0 Å². The maximum atomic E-state index is 12.7. The summed E-state index contributed by atoms with van der Waals surface area (Å²) in [5.74, 6) is 0.610. The van der Waals surface area contributed by atoms with E-state index in [2.05, 4.69) is 20.3 Å². The van der Waals surface area contributed by atoms with E-state index in [9.17, 15) is 4.79 Å². The summed E-state index contributed by atoms with van der Waals surface area (Å²) in [7, 11) is 0. The molecule has 146 valence electrons. The molecule has 4 rings (SSSR count). The van der Waals surface area contributed by atoms with Gasteiger partial charge in [0.05, 0.1) is 23.7 Å². The van der Waals surface area contributed by atoms with E-state index in [4.69, 9.17) is 4.74 Å². The van der Waals surface area contributed by atoms with Gasteiger partial charge in [-0.3, -0.25) is 15.1 Å². The van der Waals surface area contributed by atoms with E-state index in [1.165, 1.54) is 22.7 Å². The Bertz CT molecular complexity index is 1120. The van der Waals surface area contributed by atoms with Crippen LogP contribution >= 0.6 is 22.7 Å². The van der Waals surface area contributed by atoms with Crippen molar-refractivity contribution in [1.82, 2.24) is 15.0 Å². The minimum absolute atomic E-state index is 0.213. The molecule has 0 atom stereocenters. The number of hydrogen-bond acceptors (Lipinski definition) is 7. The van der Waals surface area contributed by atoms with Crippen LogP contribution in [0.15, 0.2) is 54.0 Å². The number of benzene rings is 1. The van der Waals surface area contributed by atoms with Crippen LogP contribution in [0.4, 0.5) is 5.13 Å². The van der Waals surface area contributed by atoms with Crippen LogP contribution in [-0.4, -0.2) is 27.5 Å². The van der Waals surface area contributed by atoms with Crippen LogP contribution < -0.4 is 10.1 Å². The standard InChI is InChI=1S/C21H18N4O2S2/c1-3-27-15-9-7-14(8-10-15)17-12-28-21(24-17)25-19(26)18-13(2)23-20(29-18)16-6-4-5-11-22-16/h4-12H,3H2,1-2H3,(H,24,25,26). The molecule has 0 bridgehead atoms. The molecule has 3 heterocycles. The Hall–Kier alpha value is -3.10. The second-order valence-electron chi connectivity index (χ2n) is 6.10. The fourth-order valence-electron chi connectivity index (χ4n) is 2.71. The quantitative estimate of drug-likeness (QED) is 0.457. The highest BCUT2D eigenvalue weighted by atomic mass is 32.1. The number of nitrogens with zero attached hydrogens (tertiary/aromatic N) is 3. The van der Waals surface area contributed by atoms with Crippen molar-refractivity contribution in [2.45, 2.75) is 13.8 Å². The lowest BCUT2D eigenvalue weighted by molar-refractivity contribution is 0.103. The average Bonchev–Trinajstić information content (AvgIpc) is 3.36. The first-order chi connectivity index (χ1) is 14.1. The van der Waals surface area contributed by atoms with Crippen LogP contribution in [0, 0.1) is 6.92 Å². The van der Waals surface area contributed by atoms with Gasteiger partial charge in [-0.05, 0) is 50.2 Å². The molecule has 8 heteroatoms. The van der Waals surface area contributed by atoms with Crippen LogP contribution in [0.2, 0.25) is 0 Å². The van der Waals surface area contributed by atoms with E-state index in [1.807, 2.05) is 61.7 Å². The molecule has 1 amide bonds. The number of carbonyl (C=O) groups is 1. The normalized spacial score (nSPS) is 10.7. The van der Waals surface area contributed by atoms with Gasteiger partial charge in [-0.2, -0.15) is 0 Å². The number of nitrogens with one attached hydrogen (secondary N) is 1. The van der Waals surface area contributed by atoms with Crippen molar-refractivity contribution >= 4 is 33.7 Å². The van der Waals surface area contributed by atoms with Crippen LogP contribution in [0.25, 0.3) is 22.0 Å². The number of aromatic nitrogens is 3. The fourth-order valence-corrected chi connectivity index (χ4v) is 4.37. The number of pyridine rings is 1. The predicted molar refractivity (Wildman–Crippen MR) is 117 cm³/mol. The zero-order chi connectivity index (χ0) is 20.2. The van der Waals surface area contributed by atoms with E-state index < -0.39 is 0 Å². The van der Waals surface area contributed by atoms with Crippen LogP contribution in [0.1, 0.15) is 22.3 Å². The Morgan fingerprint density at radius 2 is 1.93 bits per heavy atom. The smallest absolute Gasteiger partial charge is 0.269 e. The monoisotopic (exact) mass is 422 g/mol. The largest absolute Gasteiger partial charge is 0.494 e. The Kier molecular flexibility index (Phi) is 5.64. The number of anilines is 1. The molecule has 4 aromatic rings. The fraction of sp³-hybridized carbons (Fsp3) is 0.143. The van der Waals surface area contributed by atoms with Crippen LogP contribution in [-0.2, 0) is 0 Å². The highest BCUT2D eigenvalue weighted by Gasteiger charge is 2.18. The number of amides is 1. The van der Waals surface area contributed by atoms with E-state index in [0.717, 1.165) is 27.7 Å². The zero-order valence-electron chi connectivity index (χ0n) is 15.9. The van der Waals surface area contributed by atoms with Crippen molar-refractivity contribution in [3.63, 3.8) is 0 Å². The first-order valence-electron chi connectivity index (χ1n) is 9.03. The first-order valence-corrected chi connectivity index (χ1v) is 10.7. The molecule has 6 nitrogen and oxygen atoms in total. The van der Waals surface area contributed by atoms with E-state index in [0.29, 0.717) is 22.3 Å². The molecule has 0 aliphatic heterocycles. The molecule has 0 saturated heterocycles. The van der Waals surface area contributed by atoms with Crippen molar-refractivity contribution in [3.8, 4) is 27.7 Å². The third-order valence-corrected chi connectivity index (χ3v) is 6.01. The predicted octanol–water partition coefficient (Wildman–Crippen LogP) is 5.29. The summed E-state index contributed by atoms with van der Waals surface area (Å²) in [5, 5.41) is 6.07. The SMILES string of the molecule is CCOc1ccc(-c2csc(NC(=O)c3sc(-c4ccccn4)nc3C)n2)cc1. The molecule has 0 aliphatic rings. The summed E-state index contributed by atoms with van der Waals surface area (Å²) in [6.07, 6.45) is 1.71. The lowest BCUT2D eigenvalue weighted by atomic mass is 10.2. The first kappa shape index (κ1) is 19.2. The molecule has 0 saturated carbocycles. The Morgan fingerprint density at radius 1 is 1.10 bits per heavy atom. The summed E-state index contributed by atoms with van der Waals surface area (Å²) in [6.45, 7) is 4.41. The Labute approximate surface area is 176 Å². The molecule has 1 N–H and O–H groups in total. The zero-order valence-corrected chi connectivity index (χ0v) is 17.5. The molecular weight excluding hydrogens is 404 g/mol. The van der Waals surface area contributed by atoms with Gasteiger partial charge in [-0.1, -0.05) is 6.07 Å². The summed E-state index contributed by atoms with van der Waals surface area (Å²) in [6, 6.07) is 13.4. The van der Waals surface area contributed by atoms with Gasteiger partial charge < -0.3 is 4.74 Å². The minimum Gasteiger partial charge on any atom is -0.494 e. The molecule has 29 heavy (non-hydrogen) atoms. The maximum Gasteiger partial charge on any atom is 0.269 e. The summed E-state index contributed by atoms with van der Waals surface area (Å²) in [4.78, 5) is 26.6. The van der Waals surface area contributed by atoms with Gasteiger partial charge in [0.15, 0.2) is 5.13 Å². The molecule has 0 fully saturated rings. The molecule has 0 aliphatic carbocycles. The third kappa shape index (κ3) is 4.33. The number of hydrogen-bond donors (Lipinski definition) is 1. The van der Waals surface area contributed by atoms with Gasteiger partial charge >= 0.3 is 0 Å². The lowest BCUT2D eigenvalue weighted by Gasteiger charge is -2.03. The van der Waals surface area contributed by atoms with Crippen molar-refractivity contribution in [3.05, 3.63) is 64.6 Å². The summed E-state index contributed by atoms with van der Waals surface area (Å²) in [5.41, 5.74) is 3.21. The lowest BCUT2D eigenvalue weighted by Crippen LogP contribution is -2.11. The molecule has 0 spiro atoms. The number of thiazole rings is 2. The second kappa shape index (κ2) is 8.50. The van der Waals surface area contributed by atoms with Crippen molar-refractivity contribution in [2.75, 3.05) is 11.9 Å². The summed E-state index contributed by atoms with van der Waals surface area (Å²) >= 11 is 2.72. The highest BCUT2D eigenvalue weighted by Crippen LogP contribution is 2.29. The molecule has 0 unspecified atom stereocenters. The number of rotatable bonds is 6. The Morgan fingerprint density at radius 3 is 2.66 bits per heavy atom.